The van der Waals surface area contributed by atoms with Gasteiger partial charge in [0.05, 0.1) is 0 Å². The van der Waals surface area contributed by atoms with Crippen molar-refractivity contribution in [3.63, 3.8) is 0 Å². The minimum Gasteiger partial charge on any atom is -0.481 e. The van der Waals surface area contributed by atoms with Crippen molar-refractivity contribution in [1.82, 2.24) is 4.72 Å². The van der Waals surface area contributed by atoms with Gasteiger partial charge in [0.1, 0.15) is 0 Å². The lowest BCUT2D eigenvalue weighted by molar-refractivity contribution is -0.138. The number of halogens is 1. The van der Waals surface area contributed by atoms with Crippen LogP contribution in [0.5, 0.6) is 0 Å². The van der Waals surface area contributed by atoms with E-state index in [2.05, 4.69) is 4.72 Å². The summed E-state index contributed by atoms with van der Waals surface area (Å²) >= 11 is 2.02. The summed E-state index contributed by atoms with van der Waals surface area (Å²) in [5.41, 5.74) is -0.0607. The first-order valence-corrected chi connectivity index (χ1v) is 8.72. The normalized spacial score (nSPS) is 18.3. The molecule has 0 aromatic heterocycles. The van der Waals surface area contributed by atoms with E-state index in [0.29, 0.717) is 12.8 Å². The number of carbonyl (C=O) groups is 2. The molecule has 1 amide bonds. The summed E-state index contributed by atoms with van der Waals surface area (Å²) in [4.78, 5) is 22.2. The molecule has 0 spiro atoms. The lowest BCUT2D eigenvalue weighted by atomic mass is 9.78. The van der Waals surface area contributed by atoms with Crippen LogP contribution in [-0.4, -0.2) is 17.0 Å². The molecule has 0 bridgehead atoms. The molecule has 0 heterocycles. The van der Waals surface area contributed by atoms with E-state index in [-0.39, 0.29) is 17.7 Å². The third-order valence-electron chi connectivity index (χ3n) is 3.22. The first-order valence-electron chi connectivity index (χ1n) is 5.36. The molecule has 0 aromatic carbocycles. The summed E-state index contributed by atoms with van der Waals surface area (Å²) in [6, 6.07) is 0. The van der Waals surface area contributed by atoms with Gasteiger partial charge in [-0.3, -0.25) is 14.3 Å². The fourth-order valence-corrected chi connectivity index (χ4v) is 3.33. The molecule has 1 saturated carbocycles. The second-order valence-electron chi connectivity index (χ2n) is 4.38. The van der Waals surface area contributed by atoms with Crippen LogP contribution in [0, 0.1) is 5.41 Å². The minimum absolute atomic E-state index is 0.0201. The fourth-order valence-electron chi connectivity index (χ4n) is 2.43. The van der Waals surface area contributed by atoms with Gasteiger partial charge in [0.2, 0.25) is 5.91 Å². The van der Waals surface area contributed by atoms with E-state index in [4.69, 9.17) is 5.11 Å². The standard InChI is InChI=1S/C10H16INO3S/c11-16-12-8(13)7-10(4-1-2-5-10)6-3-9(14)15/h1-7H2,(H,12,13)(H,14,15). The van der Waals surface area contributed by atoms with Crippen LogP contribution in [0.25, 0.3) is 0 Å². The van der Waals surface area contributed by atoms with Gasteiger partial charge in [-0.05, 0) is 24.7 Å². The number of carboxylic acids is 1. The van der Waals surface area contributed by atoms with Gasteiger partial charge >= 0.3 is 5.97 Å². The summed E-state index contributed by atoms with van der Waals surface area (Å²) in [6.07, 6.45) is 5.47. The summed E-state index contributed by atoms with van der Waals surface area (Å²) in [5.74, 6) is -0.748. The Morgan fingerprint density at radius 1 is 1.38 bits per heavy atom. The van der Waals surface area contributed by atoms with Crippen molar-refractivity contribution >= 4 is 42.2 Å². The molecule has 2 N–H and O–H groups in total. The molecule has 0 aromatic rings. The Kier molecular flexibility index (Phi) is 5.88. The lowest BCUT2D eigenvalue weighted by Crippen LogP contribution is -2.27. The zero-order chi connectivity index (χ0) is 12.0. The van der Waals surface area contributed by atoms with Gasteiger partial charge in [0, 0.05) is 43.2 Å². The van der Waals surface area contributed by atoms with E-state index in [9.17, 15) is 9.59 Å². The first-order chi connectivity index (χ1) is 7.58. The smallest absolute Gasteiger partial charge is 0.303 e. The highest BCUT2D eigenvalue weighted by Gasteiger charge is 2.36. The molecule has 92 valence electrons. The van der Waals surface area contributed by atoms with Crippen molar-refractivity contribution in [2.24, 2.45) is 5.41 Å². The third-order valence-corrected chi connectivity index (χ3v) is 4.19. The van der Waals surface area contributed by atoms with Gasteiger partial charge in [0.25, 0.3) is 0 Å². The van der Waals surface area contributed by atoms with Gasteiger partial charge in [-0.1, -0.05) is 12.8 Å². The van der Waals surface area contributed by atoms with E-state index in [1.54, 1.807) is 0 Å². The van der Waals surface area contributed by atoms with Gasteiger partial charge in [-0.25, -0.2) is 0 Å². The zero-order valence-corrected chi connectivity index (χ0v) is 12.0. The molecular weight excluding hydrogens is 341 g/mol. The SMILES string of the molecule is O=C(O)CCC1(CC(=O)NSI)CCCC1. The Morgan fingerprint density at radius 2 is 2.00 bits per heavy atom. The highest BCUT2D eigenvalue weighted by Crippen LogP contribution is 2.44. The Labute approximate surface area is 112 Å². The van der Waals surface area contributed by atoms with Crippen LogP contribution < -0.4 is 4.72 Å². The average Bonchev–Trinajstić information content (AvgIpc) is 2.64. The van der Waals surface area contributed by atoms with Gasteiger partial charge < -0.3 is 5.11 Å². The van der Waals surface area contributed by atoms with Gasteiger partial charge in [-0.15, -0.1) is 0 Å². The van der Waals surface area contributed by atoms with Crippen LogP contribution in [0.1, 0.15) is 44.9 Å². The zero-order valence-electron chi connectivity index (χ0n) is 9.00. The quantitative estimate of drug-likeness (QED) is 0.567. The summed E-state index contributed by atoms with van der Waals surface area (Å²) < 4.78 is 2.70. The van der Waals surface area contributed by atoms with E-state index in [1.807, 2.05) is 21.2 Å². The molecule has 0 aliphatic heterocycles. The highest BCUT2D eigenvalue weighted by molar-refractivity contribution is 14.2. The molecule has 0 radical (unpaired) electrons. The van der Waals surface area contributed by atoms with Crippen molar-refractivity contribution < 1.29 is 14.7 Å². The van der Waals surface area contributed by atoms with Crippen LogP contribution in [0.2, 0.25) is 0 Å². The molecule has 1 fully saturated rings. The molecule has 1 aliphatic carbocycles. The van der Waals surface area contributed by atoms with E-state index < -0.39 is 5.97 Å². The van der Waals surface area contributed by atoms with Crippen LogP contribution in [0.15, 0.2) is 0 Å². The number of hydrogen-bond donors (Lipinski definition) is 2. The summed E-state index contributed by atoms with van der Waals surface area (Å²) in [6.45, 7) is 0. The highest BCUT2D eigenvalue weighted by atomic mass is 127. The van der Waals surface area contributed by atoms with Crippen LogP contribution >= 0.6 is 30.3 Å². The summed E-state index contributed by atoms with van der Waals surface area (Å²) in [5, 5.41) is 8.72. The predicted molar refractivity (Wildman–Crippen MR) is 72.1 cm³/mol. The Bertz CT molecular complexity index is 267. The molecule has 1 aliphatic rings. The van der Waals surface area contributed by atoms with Gasteiger partial charge in [-0.2, -0.15) is 0 Å². The molecule has 6 heteroatoms. The van der Waals surface area contributed by atoms with E-state index in [0.717, 1.165) is 25.7 Å². The van der Waals surface area contributed by atoms with Crippen molar-refractivity contribution in [3.8, 4) is 0 Å². The predicted octanol–water partition coefficient (Wildman–Crippen LogP) is 2.92. The number of carbonyl (C=O) groups excluding carboxylic acids is 1. The molecule has 0 unspecified atom stereocenters. The minimum atomic E-state index is -0.769. The molecule has 0 saturated heterocycles. The second kappa shape index (κ2) is 6.68. The topological polar surface area (TPSA) is 66.4 Å². The van der Waals surface area contributed by atoms with Crippen molar-refractivity contribution in [3.05, 3.63) is 0 Å². The van der Waals surface area contributed by atoms with Crippen molar-refractivity contribution in [2.45, 2.75) is 44.9 Å². The first kappa shape index (κ1) is 14.1. The van der Waals surface area contributed by atoms with Gasteiger partial charge in [0.15, 0.2) is 0 Å². The number of rotatable bonds is 6. The Morgan fingerprint density at radius 3 is 2.50 bits per heavy atom. The number of hydrogen-bond acceptors (Lipinski definition) is 3. The maximum atomic E-state index is 11.6. The molecular formula is C10H16INO3S. The Hall–Kier alpha value is 0.0200. The second-order valence-corrected chi connectivity index (χ2v) is 6.06. The number of amides is 1. The monoisotopic (exact) mass is 357 g/mol. The maximum absolute atomic E-state index is 11.6. The maximum Gasteiger partial charge on any atom is 0.303 e. The van der Waals surface area contributed by atoms with E-state index in [1.165, 1.54) is 9.12 Å². The van der Waals surface area contributed by atoms with Crippen LogP contribution in [0.3, 0.4) is 0 Å². The van der Waals surface area contributed by atoms with Crippen LogP contribution in [-0.2, 0) is 9.59 Å². The summed E-state index contributed by atoms with van der Waals surface area (Å²) in [7, 11) is 1.27. The fraction of sp³-hybridized carbons (Fsp3) is 0.800. The Balaban J connectivity index is 2.51. The molecule has 16 heavy (non-hydrogen) atoms. The van der Waals surface area contributed by atoms with Crippen molar-refractivity contribution in [1.29, 1.82) is 0 Å². The average molecular weight is 357 g/mol. The molecule has 1 rings (SSSR count). The lowest BCUT2D eigenvalue weighted by Gasteiger charge is -2.27. The largest absolute Gasteiger partial charge is 0.481 e. The number of carboxylic acid groups (broad SMARTS) is 1. The number of nitrogens with one attached hydrogen (secondary N) is 1. The van der Waals surface area contributed by atoms with Crippen LogP contribution in [0.4, 0.5) is 0 Å². The number of aliphatic carboxylic acids is 1. The van der Waals surface area contributed by atoms with Crippen molar-refractivity contribution in [2.75, 3.05) is 0 Å². The molecule has 0 atom stereocenters. The third kappa shape index (κ3) is 4.48. The molecule has 4 nitrogen and oxygen atoms in total. The van der Waals surface area contributed by atoms with E-state index >= 15 is 0 Å².